The highest BCUT2D eigenvalue weighted by Gasteiger charge is 2.25. The van der Waals surface area contributed by atoms with Crippen LogP contribution in [0.1, 0.15) is 6.92 Å². The Bertz CT molecular complexity index is 418. The molecule has 0 spiro atoms. The number of hydrogen-bond donors (Lipinski definition) is 1. The number of carbonyl (C=O) groups is 1. The Morgan fingerprint density at radius 3 is 2.50 bits per heavy atom. The number of carboxylic acid groups (broad SMARTS) is 1. The molecule has 1 unspecified atom stereocenters. The lowest BCUT2D eigenvalue weighted by Gasteiger charge is -2.36. The molecule has 18 heavy (non-hydrogen) atoms. The maximum absolute atomic E-state index is 10.9. The average Bonchev–Trinajstić information content (AvgIpc) is 2.39. The average molecular weight is 271 g/mol. The largest absolute Gasteiger partial charge is 0.480 e. The molecule has 1 saturated heterocycles. The molecule has 1 N–H and O–H groups in total. The van der Waals surface area contributed by atoms with Gasteiger partial charge in [0.2, 0.25) is 0 Å². The Hall–Kier alpha value is -1.40. The molecule has 1 aliphatic rings. The predicted octanol–water partition coefficient (Wildman–Crippen LogP) is 0.725. The molecule has 0 bridgehead atoms. The number of aromatic nitrogens is 2. The molecule has 1 atom stereocenters. The van der Waals surface area contributed by atoms with Gasteiger partial charge in [-0.2, -0.15) is 0 Å². The third-order valence-electron chi connectivity index (χ3n) is 3.16. The van der Waals surface area contributed by atoms with Crippen LogP contribution >= 0.6 is 11.6 Å². The van der Waals surface area contributed by atoms with Crippen LogP contribution in [0, 0.1) is 0 Å². The van der Waals surface area contributed by atoms with Gasteiger partial charge in [0.05, 0.1) is 0 Å². The molecular formula is C11H15ClN4O2. The lowest BCUT2D eigenvalue weighted by molar-refractivity contribution is -0.142. The van der Waals surface area contributed by atoms with E-state index < -0.39 is 12.0 Å². The fraction of sp³-hybridized carbons (Fsp3) is 0.545. The molecule has 1 aromatic heterocycles. The van der Waals surface area contributed by atoms with Crippen LogP contribution in [-0.2, 0) is 4.79 Å². The molecule has 1 fully saturated rings. The van der Waals surface area contributed by atoms with E-state index in [4.69, 9.17) is 16.7 Å². The number of hydrogen-bond acceptors (Lipinski definition) is 5. The summed E-state index contributed by atoms with van der Waals surface area (Å²) in [6, 6.07) is 3.09. The number of anilines is 1. The van der Waals surface area contributed by atoms with Gasteiger partial charge in [0.15, 0.2) is 11.0 Å². The highest BCUT2D eigenvalue weighted by Crippen LogP contribution is 2.15. The van der Waals surface area contributed by atoms with Gasteiger partial charge in [0, 0.05) is 26.2 Å². The molecule has 1 aromatic rings. The predicted molar refractivity (Wildman–Crippen MR) is 67.9 cm³/mol. The second-order valence-electron chi connectivity index (χ2n) is 4.25. The standard InChI is InChI=1S/C11H15ClN4O2/c1-8(11(17)18)15-4-6-16(7-5-15)10-3-2-9(12)13-14-10/h2-3,8H,4-7H2,1H3,(H,17,18). The summed E-state index contributed by atoms with van der Waals surface area (Å²) in [6.45, 7) is 4.61. The zero-order chi connectivity index (χ0) is 13.1. The minimum absolute atomic E-state index is 0.372. The van der Waals surface area contributed by atoms with Gasteiger partial charge in [-0.25, -0.2) is 0 Å². The zero-order valence-electron chi connectivity index (χ0n) is 10.1. The van der Waals surface area contributed by atoms with Gasteiger partial charge in [-0.3, -0.25) is 9.69 Å². The smallest absolute Gasteiger partial charge is 0.320 e. The van der Waals surface area contributed by atoms with Crippen molar-refractivity contribution in [3.63, 3.8) is 0 Å². The van der Waals surface area contributed by atoms with Crippen LogP contribution in [0.15, 0.2) is 12.1 Å². The molecule has 0 saturated carbocycles. The highest BCUT2D eigenvalue weighted by atomic mass is 35.5. The summed E-state index contributed by atoms with van der Waals surface area (Å²) >= 11 is 5.68. The first kappa shape index (κ1) is 13.0. The molecule has 0 amide bonds. The van der Waals surface area contributed by atoms with Crippen molar-refractivity contribution in [3.8, 4) is 0 Å². The third kappa shape index (κ3) is 2.88. The monoisotopic (exact) mass is 270 g/mol. The van der Waals surface area contributed by atoms with Crippen molar-refractivity contribution in [2.75, 3.05) is 31.1 Å². The van der Waals surface area contributed by atoms with Crippen molar-refractivity contribution in [1.29, 1.82) is 0 Å². The summed E-state index contributed by atoms with van der Waals surface area (Å²) < 4.78 is 0. The molecule has 0 aliphatic carbocycles. The van der Waals surface area contributed by atoms with Crippen LogP contribution in [0.5, 0.6) is 0 Å². The second-order valence-corrected chi connectivity index (χ2v) is 4.64. The van der Waals surface area contributed by atoms with Gasteiger partial charge < -0.3 is 10.0 Å². The summed E-state index contributed by atoms with van der Waals surface area (Å²) in [4.78, 5) is 14.9. The van der Waals surface area contributed by atoms with E-state index in [-0.39, 0.29) is 0 Å². The van der Waals surface area contributed by atoms with Crippen LogP contribution in [0.25, 0.3) is 0 Å². The van der Waals surface area contributed by atoms with Gasteiger partial charge in [-0.05, 0) is 19.1 Å². The van der Waals surface area contributed by atoms with E-state index in [0.717, 1.165) is 18.9 Å². The van der Waals surface area contributed by atoms with E-state index in [2.05, 4.69) is 15.1 Å². The maximum atomic E-state index is 10.9. The second kappa shape index (κ2) is 5.49. The number of halogens is 1. The van der Waals surface area contributed by atoms with Crippen molar-refractivity contribution in [3.05, 3.63) is 17.3 Å². The van der Waals surface area contributed by atoms with Crippen molar-refractivity contribution in [2.45, 2.75) is 13.0 Å². The normalized spacial score (nSPS) is 18.7. The van der Waals surface area contributed by atoms with Gasteiger partial charge in [0.25, 0.3) is 0 Å². The molecule has 98 valence electrons. The van der Waals surface area contributed by atoms with Crippen molar-refractivity contribution in [1.82, 2.24) is 15.1 Å². The van der Waals surface area contributed by atoms with E-state index >= 15 is 0 Å². The topological polar surface area (TPSA) is 69.6 Å². The molecule has 2 heterocycles. The molecule has 2 rings (SSSR count). The van der Waals surface area contributed by atoms with Gasteiger partial charge >= 0.3 is 5.97 Å². The number of nitrogens with zero attached hydrogens (tertiary/aromatic N) is 4. The quantitative estimate of drug-likeness (QED) is 0.873. The molecule has 1 aliphatic heterocycles. The first-order valence-electron chi connectivity index (χ1n) is 5.79. The van der Waals surface area contributed by atoms with Crippen LogP contribution in [0.2, 0.25) is 5.15 Å². The highest BCUT2D eigenvalue weighted by molar-refractivity contribution is 6.29. The van der Waals surface area contributed by atoms with E-state index in [1.165, 1.54) is 0 Å². The van der Waals surface area contributed by atoms with E-state index in [1.54, 1.807) is 13.0 Å². The van der Waals surface area contributed by atoms with Crippen LogP contribution < -0.4 is 4.90 Å². The van der Waals surface area contributed by atoms with Gasteiger partial charge in [-0.1, -0.05) is 11.6 Å². The van der Waals surface area contributed by atoms with Crippen molar-refractivity contribution >= 4 is 23.4 Å². The van der Waals surface area contributed by atoms with Crippen LogP contribution in [0.3, 0.4) is 0 Å². The minimum atomic E-state index is -0.783. The van der Waals surface area contributed by atoms with Crippen molar-refractivity contribution in [2.24, 2.45) is 0 Å². The lowest BCUT2D eigenvalue weighted by Crippen LogP contribution is -2.52. The van der Waals surface area contributed by atoms with Gasteiger partial charge in [0.1, 0.15) is 6.04 Å². The Kier molecular flexibility index (Phi) is 3.98. The van der Waals surface area contributed by atoms with E-state index in [9.17, 15) is 4.79 Å². The van der Waals surface area contributed by atoms with E-state index in [0.29, 0.717) is 18.2 Å². The third-order valence-corrected chi connectivity index (χ3v) is 3.36. The molecule has 6 nitrogen and oxygen atoms in total. The summed E-state index contributed by atoms with van der Waals surface area (Å²) in [6.07, 6.45) is 0. The molecule has 0 aromatic carbocycles. The van der Waals surface area contributed by atoms with E-state index in [1.807, 2.05) is 11.0 Å². The van der Waals surface area contributed by atoms with Gasteiger partial charge in [-0.15, -0.1) is 10.2 Å². The molecule has 0 radical (unpaired) electrons. The Labute approximate surface area is 110 Å². The zero-order valence-corrected chi connectivity index (χ0v) is 10.8. The Morgan fingerprint density at radius 1 is 1.33 bits per heavy atom. The number of rotatable bonds is 3. The van der Waals surface area contributed by atoms with Crippen LogP contribution in [0.4, 0.5) is 5.82 Å². The Morgan fingerprint density at radius 2 is 2.00 bits per heavy atom. The SMILES string of the molecule is CC(C(=O)O)N1CCN(c2ccc(Cl)nn2)CC1. The number of carboxylic acids is 1. The number of piperazine rings is 1. The summed E-state index contributed by atoms with van der Waals surface area (Å²) in [5, 5.41) is 17.1. The minimum Gasteiger partial charge on any atom is -0.480 e. The fourth-order valence-corrected chi connectivity index (χ4v) is 2.07. The summed E-state index contributed by atoms with van der Waals surface area (Å²) in [5.74, 6) is -0.00300. The summed E-state index contributed by atoms with van der Waals surface area (Å²) in [7, 11) is 0. The summed E-state index contributed by atoms with van der Waals surface area (Å²) in [5.41, 5.74) is 0. The molecular weight excluding hydrogens is 256 g/mol. The maximum Gasteiger partial charge on any atom is 0.320 e. The fourth-order valence-electron chi connectivity index (χ4n) is 1.97. The first-order valence-corrected chi connectivity index (χ1v) is 6.17. The Balaban J connectivity index is 1.94. The lowest BCUT2D eigenvalue weighted by atomic mass is 10.2. The number of aliphatic carboxylic acids is 1. The van der Waals surface area contributed by atoms with Crippen LogP contribution in [-0.4, -0.2) is 58.4 Å². The molecule has 7 heteroatoms. The van der Waals surface area contributed by atoms with Crippen molar-refractivity contribution < 1.29 is 9.90 Å². The first-order chi connectivity index (χ1) is 8.58.